The predicted molar refractivity (Wildman–Crippen MR) is 67.1 cm³/mol. The Morgan fingerprint density at radius 1 is 1.39 bits per heavy atom. The van der Waals surface area contributed by atoms with Crippen LogP contribution < -0.4 is 5.43 Å². The molecular formula is C13H16N2O3. The van der Waals surface area contributed by atoms with E-state index in [1.54, 1.807) is 13.1 Å². The largest absolute Gasteiger partial charge is 0.347 e. The van der Waals surface area contributed by atoms with Crippen LogP contribution in [0.2, 0.25) is 0 Å². The van der Waals surface area contributed by atoms with Gasteiger partial charge in [0.15, 0.2) is 5.79 Å². The smallest absolute Gasteiger partial charge is 0.245 e. The van der Waals surface area contributed by atoms with Crippen molar-refractivity contribution in [2.75, 3.05) is 13.2 Å². The van der Waals surface area contributed by atoms with Gasteiger partial charge < -0.3 is 9.47 Å². The van der Waals surface area contributed by atoms with Gasteiger partial charge in [0.2, 0.25) is 5.91 Å². The van der Waals surface area contributed by atoms with Crippen molar-refractivity contribution in [2.24, 2.45) is 5.10 Å². The van der Waals surface area contributed by atoms with Crippen LogP contribution in [-0.2, 0) is 14.3 Å². The third-order valence-electron chi connectivity index (χ3n) is 2.58. The number of nitrogens with zero attached hydrogens (tertiary/aromatic N) is 1. The second-order valence-electron chi connectivity index (χ2n) is 4.21. The summed E-state index contributed by atoms with van der Waals surface area (Å²) in [5.74, 6) is -1.04. The number of benzene rings is 1. The molecule has 96 valence electrons. The summed E-state index contributed by atoms with van der Waals surface area (Å²) in [5.41, 5.74) is 3.38. The molecule has 1 heterocycles. The van der Waals surface area contributed by atoms with Gasteiger partial charge >= 0.3 is 0 Å². The van der Waals surface area contributed by atoms with Crippen LogP contribution in [0.3, 0.4) is 0 Å². The lowest BCUT2D eigenvalue weighted by molar-refractivity contribution is -0.159. The second-order valence-corrected chi connectivity index (χ2v) is 4.21. The average Bonchev–Trinajstić information content (AvgIpc) is 2.77. The minimum absolute atomic E-state index is 0.138. The molecule has 0 radical (unpaired) electrons. The Bertz CT molecular complexity index is 425. The van der Waals surface area contributed by atoms with E-state index in [1.807, 2.05) is 30.3 Å². The van der Waals surface area contributed by atoms with Crippen LogP contribution in [0.4, 0.5) is 0 Å². The molecular weight excluding hydrogens is 232 g/mol. The van der Waals surface area contributed by atoms with E-state index in [-0.39, 0.29) is 12.3 Å². The van der Waals surface area contributed by atoms with E-state index in [0.29, 0.717) is 13.2 Å². The van der Waals surface area contributed by atoms with Crippen LogP contribution in [0, 0.1) is 0 Å². The lowest BCUT2D eigenvalue weighted by Crippen LogP contribution is -2.33. The number of amides is 1. The summed E-state index contributed by atoms with van der Waals surface area (Å²) in [5, 5.41) is 3.88. The molecule has 0 aliphatic carbocycles. The third-order valence-corrected chi connectivity index (χ3v) is 2.58. The molecule has 5 nitrogen and oxygen atoms in total. The topological polar surface area (TPSA) is 59.9 Å². The standard InChI is InChI=1S/C13H16N2O3/c1-13(17-7-8-18-13)9-12(16)15-14-10-11-5-3-2-4-6-11/h2-6,10H,7-9H2,1H3,(H,15,16)/b14-10+. The fraction of sp³-hybridized carbons (Fsp3) is 0.385. The van der Waals surface area contributed by atoms with Gasteiger partial charge in [-0.1, -0.05) is 30.3 Å². The van der Waals surface area contributed by atoms with Crippen LogP contribution in [0.15, 0.2) is 35.4 Å². The van der Waals surface area contributed by atoms with Crippen molar-refractivity contribution in [3.63, 3.8) is 0 Å². The zero-order chi connectivity index (χ0) is 12.8. The van der Waals surface area contributed by atoms with E-state index in [4.69, 9.17) is 9.47 Å². The molecule has 18 heavy (non-hydrogen) atoms. The lowest BCUT2D eigenvalue weighted by atomic mass is 10.2. The van der Waals surface area contributed by atoms with Gasteiger partial charge in [0.25, 0.3) is 0 Å². The van der Waals surface area contributed by atoms with E-state index >= 15 is 0 Å². The fourth-order valence-electron chi connectivity index (χ4n) is 1.71. The Morgan fingerprint density at radius 2 is 2.06 bits per heavy atom. The molecule has 0 spiro atoms. The van der Waals surface area contributed by atoms with E-state index in [9.17, 15) is 4.79 Å². The Balaban J connectivity index is 1.80. The summed E-state index contributed by atoms with van der Waals surface area (Å²) in [6.45, 7) is 2.80. The van der Waals surface area contributed by atoms with Crippen LogP contribution >= 0.6 is 0 Å². The van der Waals surface area contributed by atoms with Gasteiger partial charge in [-0.3, -0.25) is 4.79 Å². The van der Waals surface area contributed by atoms with Crippen molar-refractivity contribution in [3.05, 3.63) is 35.9 Å². The maximum Gasteiger partial charge on any atom is 0.245 e. The number of ether oxygens (including phenoxy) is 2. The van der Waals surface area contributed by atoms with Crippen LogP contribution in [0.25, 0.3) is 0 Å². The highest BCUT2D eigenvalue weighted by molar-refractivity contribution is 5.82. The normalized spacial score (nSPS) is 18.1. The molecule has 1 aliphatic rings. The van der Waals surface area contributed by atoms with Crippen molar-refractivity contribution >= 4 is 12.1 Å². The molecule has 1 N–H and O–H groups in total. The fourth-order valence-corrected chi connectivity index (χ4v) is 1.71. The molecule has 1 aromatic carbocycles. The SMILES string of the molecule is CC1(CC(=O)N/N=C/c2ccccc2)OCCO1. The Morgan fingerprint density at radius 3 is 2.72 bits per heavy atom. The van der Waals surface area contributed by atoms with Crippen LogP contribution in [0.5, 0.6) is 0 Å². The zero-order valence-electron chi connectivity index (χ0n) is 10.3. The molecule has 0 aromatic heterocycles. The number of hydrazone groups is 1. The molecule has 0 bridgehead atoms. The molecule has 1 aliphatic heterocycles. The van der Waals surface area contributed by atoms with Gasteiger partial charge in [-0.25, -0.2) is 5.43 Å². The molecule has 1 amide bonds. The van der Waals surface area contributed by atoms with Crippen LogP contribution in [-0.4, -0.2) is 31.1 Å². The van der Waals surface area contributed by atoms with E-state index in [1.165, 1.54) is 0 Å². The molecule has 1 saturated heterocycles. The van der Waals surface area contributed by atoms with Gasteiger partial charge in [-0.15, -0.1) is 0 Å². The molecule has 1 aromatic rings. The second kappa shape index (κ2) is 5.75. The third kappa shape index (κ3) is 3.65. The first kappa shape index (κ1) is 12.7. The first-order valence-electron chi connectivity index (χ1n) is 5.83. The van der Waals surface area contributed by atoms with Crippen molar-refractivity contribution in [2.45, 2.75) is 19.1 Å². The molecule has 0 saturated carbocycles. The first-order valence-corrected chi connectivity index (χ1v) is 5.83. The monoisotopic (exact) mass is 248 g/mol. The van der Waals surface area contributed by atoms with E-state index in [2.05, 4.69) is 10.5 Å². The van der Waals surface area contributed by atoms with Crippen molar-refractivity contribution in [1.82, 2.24) is 5.43 Å². The number of carbonyl (C=O) groups is 1. The highest BCUT2D eigenvalue weighted by Gasteiger charge is 2.33. The summed E-state index contributed by atoms with van der Waals surface area (Å²) in [6.07, 6.45) is 1.73. The highest BCUT2D eigenvalue weighted by Crippen LogP contribution is 2.21. The van der Waals surface area contributed by atoms with Crippen molar-refractivity contribution in [3.8, 4) is 0 Å². The van der Waals surface area contributed by atoms with Crippen LogP contribution in [0.1, 0.15) is 18.9 Å². The highest BCUT2D eigenvalue weighted by atomic mass is 16.7. The minimum Gasteiger partial charge on any atom is -0.347 e. The quantitative estimate of drug-likeness (QED) is 0.645. The van der Waals surface area contributed by atoms with Crippen molar-refractivity contribution in [1.29, 1.82) is 0 Å². The average molecular weight is 248 g/mol. The predicted octanol–water partition coefficient (Wildman–Crippen LogP) is 1.29. The Labute approximate surface area is 106 Å². The van der Waals surface area contributed by atoms with E-state index in [0.717, 1.165) is 5.56 Å². The van der Waals surface area contributed by atoms with Gasteiger partial charge in [-0.05, 0) is 12.5 Å². The van der Waals surface area contributed by atoms with Gasteiger partial charge in [0.1, 0.15) is 0 Å². The summed E-state index contributed by atoms with van der Waals surface area (Å²) in [7, 11) is 0. The number of carbonyl (C=O) groups excluding carboxylic acids is 1. The van der Waals surface area contributed by atoms with Gasteiger partial charge in [-0.2, -0.15) is 5.10 Å². The van der Waals surface area contributed by atoms with Gasteiger partial charge in [0.05, 0.1) is 25.8 Å². The first-order chi connectivity index (χ1) is 8.68. The van der Waals surface area contributed by atoms with E-state index < -0.39 is 5.79 Å². The minimum atomic E-state index is -0.813. The Hall–Kier alpha value is -1.72. The zero-order valence-corrected chi connectivity index (χ0v) is 10.3. The molecule has 0 atom stereocenters. The number of nitrogens with one attached hydrogen (secondary N) is 1. The molecule has 5 heteroatoms. The number of rotatable bonds is 4. The summed E-state index contributed by atoms with van der Waals surface area (Å²) < 4.78 is 10.7. The maximum absolute atomic E-state index is 11.6. The van der Waals surface area contributed by atoms with Gasteiger partial charge in [0, 0.05) is 0 Å². The summed E-state index contributed by atoms with van der Waals surface area (Å²) >= 11 is 0. The number of hydrogen-bond donors (Lipinski definition) is 1. The number of hydrogen-bond acceptors (Lipinski definition) is 4. The molecule has 1 fully saturated rings. The lowest BCUT2D eigenvalue weighted by Gasteiger charge is -2.20. The summed E-state index contributed by atoms with van der Waals surface area (Å²) in [4.78, 5) is 11.6. The maximum atomic E-state index is 11.6. The molecule has 0 unspecified atom stereocenters. The molecule has 2 rings (SSSR count). The Kier molecular flexibility index (Phi) is 4.07. The summed E-state index contributed by atoms with van der Waals surface area (Å²) in [6, 6.07) is 9.54. The van der Waals surface area contributed by atoms with Crippen molar-refractivity contribution < 1.29 is 14.3 Å².